The van der Waals surface area contributed by atoms with Crippen molar-refractivity contribution >= 4 is 21.6 Å². The number of thiazole rings is 1. The van der Waals surface area contributed by atoms with Crippen molar-refractivity contribution < 1.29 is 0 Å². The van der Waals surface area contributed by atoms with Crippen LogP contribution in [-0.2, 0) is 0 Å². The first-order chi connectivity index (χ1) is 8.24. The van der Waals surface area contributed by atoms with Gasteiger partial charge >= 0.3 is 0 Å². The Hall–Kier alpha value is -0.930. The normalized spacial score (nSPS) is 20.9. The van der Waals surface area contributed by atoms with Crippen molar-refractivity contribution in [2.45, 2.75) is 39.2 Å². The zero-order valence-corrected chi connectivity index (χ0v) is 11.2. The van der Waals surface area contributed by atoms with Crippen LogP contribution in [0.15, 0.2) is 12.1 Å². The van der Waals surface area contributed by atoms with E-state index in [0.29, 0.717) is 6.04 Å². The Morgan fingerprint density at radius 2 is 2.06 bits per heavy atom. The van der Waals surface area contributed by atoms with Crippen LogP contribution in [0.25, 0.3) is 10.2 Å². The third-order valence-corrected chi connectivity index (χ3v) is 4.76. The van der Waals surface area contributed by atoms with Crippen molar-refractivity contribution in [2.75, 3.05) is 6.54 Å². The minimum atomic E-state index is 0.488. The van der Waals surface area contributed by atoms with Crippen molar-refractivity contribution in [1.29, 1.82) is 0 Å². The molecule has 0 radical (unpaired) electrons. The SMILES string of the molecule is Cc1cc2nc(C3CCCCN3)sc2cc1C. The number of rotatable bonds is 1. The molecular formula is C14H18N2S. The summed E-state index contributed by atoms with van der Waals surface area (Å²) in [6.07, 6.45) is 3.86. The molecule has 0 bridgehead atoms. The Kier molecular flexibility index (Phi) is 2.89. The van der Waals surface area contributed by atoms with Gasteiger partial charge in [0, 0.05) is 0 Å². The van der Waals surface area contributed by atoms with E-state index < -0.39 is 0 Å². The highest BCUT2D eigenvalue weighted by molar-refractivity contribution is 7.18. The van der Waals surface area contributed by atoms with E-state index >= 15 is 0 Å². The van der Waals surface area contributed by atoms with Crippen LogP contribution < -0.4 is 5.32 Å². The van der Waals surface area contributed by atoms with E-state index in [0.717, 1.165) is 6.54 Å². The molecule has 1 N–H and O–H groups in total. The number of aryl methyl sites for hydroxylation is 2. The number of nitrogens with one attached hydrogen (secondary N) is 1. The zero-order valence-electron chi connectivity index (χ0n) is 10.4. The second-order valence-electron chi connectivity index (χ2n) is 4.96. The van der Waals surface area contributed by atoms with Crippen LogP contribution in [0.1, 0.15) is 41.4 Å². The standard InChI is InChI=1S/C14H18N2S/c1-9-7-12-13(8-10(9)2)17-14(16-12)11-5-3-4-6-15-11/h7-8,11,15H,3-6H2,1-2H3. The van der Waals surface area contributed by atoms with E-state index in [4.69, 9.17) is 4.98 Å². The molecule has 90 valence electrons. The monoisotopic (exact) mass is 246 g/mol. The fraction of sp³-hybridized carbons (Fsp3) is 0.500. The summed E-state index contributed by atoms with van der Waals surface area (Å²) in [7, 11) is 0. The quantitative estimate of drug-likeness (QED) is 0.829. The van der Waals surface area contributed by atoms with Gasteiger partial charge in [-0.1, -0.05) is 6.42 Å². The Balaban J connectivity index is 2.00. The summed E-state index contributed by atoms with van der Waals surface area (Å²) in [5.41, 5.74) is 3.87. The van der Waals surface area contributed by atoms with Gasteiger partial charge in [0.05, 0.1) is 16.3 Å². The van der Waals surface area contributed by atoms with Crippen LogP contribution in [0, 0.1) is 13.8 Å². The zero-order chi connectivity index (χ0) is 11.8. The number of aromatic nitrogens is 1. The fourth-order valence-electron chi connectivity index (χ4n) is 2.41. The third kappa shape index (κ3) is 2.09. The van der Waals surface area contributed by atoms with Crippen LogP contribution in [-0.4, -0.2) is 11.5 Å². The molecule has 1 aliphatic heterocycles. The Morgan fingerprint density at radius 1 is 1.24 bits per heavy atom. The molecule has 2 aromatic rings. The molecule has 1 aromatic heterocycles. The molecule has 1 atom stereocenters. The summed E-state index contributed by atoms with van der Waals surface area (Å²) >= 11 is 1.85. The first-order valence-electron chi connectivity index (χ1n) is 6.35. The molecule has 0 spiro atoms. The third-order valence-electron chi connectivity index (χ3n) is 3.63. The van der Waals surface area contributed by atoms with E-state index in [2.05, 4.69) is 31.3 Å². The summed E-state index contributed by atoms with van der Waals surface area (Å²) in [6, 6.07) is 4.98. The van der Waals surface area contributed by atoms with Gasteiger partial charge in [-0.15, -0.1) is 11.3 Å². The molecule has 0 saturated carbocycles. The molecule has 0 amide bonds. The number of hydrogen-bond donors (Lipinski definition) is 1. The molecule has 1 aliphatic rings. The molecule has 3 rings (SSSR count). The highest BCUT2D eigenvalue weighted by atomic mass is 32.1. The maximum absolute atomic E-state index is 4.79. The summed E-state index contributed by atoms with van der Waals surface area (Å²) in [5.74, 6) is 0. The van der Waals surface area contributed by atoms with Crippen LogP contribution in [0.4, 0.5) is 0 Å². The van der Waals surface area contributed by atoms with E-state index in [9.17, 15) is 0 Å². The predicted molar refractivity (Wildman–Crippen MR) is 73.7 cm³/mol. The van der Waals surface area contributed by atoms with E-state index in [1.54, 1.807) is 0 Å². The highest BCUT2D eigenvalue weighted by Gasteiger charge is 2.18. The Bertz CT molecular complexity index is 499. The van der Waals surface area contributed by atoms with Gasteiger partial charge in [0.1, 0.15) is 5.01 Å². The molecule has 3 heteroatoms. The molecular weight excluding hydrogens is 228 g/mol. The van der Waals surface area contributed by atoms with E-state index in [1.807, 2.05) is 11.3 Å². The summed E-state index contributed by atoms with van der Waals surface area (Å²) < 4.78 is 1.33. The minimum Gasteiger partial charge on any atom is -0.308 e. The van der Waals surface area contributed by atoms with Gasteiger partial charge in [-0.3, -0.25) is 0 Å². The fourth-order valence-corrected chi connectivity index (χ4v) is 3.57. The lowest BCUT2D eigenvalue weighted by atomic mass is 10.1. The molecule has 17 heavy (non-hydrogen) atoms. The predicted octanol–water partition coefficient (Wildman–Crippen LogP) is 3.73. The first kappa shape index (κ1) is 11.2. The van der Waals surface area contributed by atoms with Crippen molar-refractivity contribution in [3.63, 3.8) is 0 Å². The second-order valence-corrected chi connectivity index (χ2v) is 6.02. The molecule has 0 aliphatic carbocycles. The van der Waals surface area contributed by atoms with E-state index in [1.165, 1.54) is 45.6 Å². The average molecular weight is 246 g/mol. The number of hydrogen-bond acceptors (Lipinski definition) is 3. The highest BCUT2D eigenvalue weighted by Crippen LogP contribution is 2.31. The Labute approximate surface area is 106 Å². The van der Waals surface area contributed by atoms with Crippen LogP contribution in [0.5, 0.6) is 0 Å². The summed E-state index contributed by atoms with van der Waals surface area (Å²) in [4.78, 5) is 4.79. The van der Waals surface area contributed by atoms with Crippen molar-refractivity contribution in [3.05, 3.63) is 28.3 Å². The van der Waals surface area contributed by atoms with Crippen molar-refractivity contribution in [3.8, 4) is 0 Å². The lowest BCUT2D eigenvalue weighted by Crippen LogP contribution is -2.26. The second kappa shape index (κ2) is 4.39. The number of benzene rings is 1. The molecule has 2 nitrogen and oxygen atoms in total. The molecule has 2 heterocycles. The van der Waals surface area contributed by atoms with Gasteiger partial charge in [0.2, 0.25) is 0 Å². The number of piperidine rings is 1. The lowest BCUT2D eigenvalue weighted by Gasteiger charge is -2.20. The largest absolute Gasteiger partial charge is 0.308 e. The molecule has 1 saturated heterocycles. The maximum Gasteiger partial charge on any atom is 0.111 e. The van der Waals surface area contributed by atoms with Gasteiger partial charge in [-0.25, -0.2) is 4.98 Å². The van der Waals surface area contributed by atoms with Gasteiger partial charge in [-0.2, -0.15) is 0 Å². The summed E-state index contributed by atoms with van der Waals surface area (Å²) in [6.45, 7) is 5.47. The molecule has 1 fully saturated rings. The smallest absolute Gasteiger partial charge is 0.111 e. The van der Waals surface area contributed by atoms with E-state index in [-0.39, 0.29) is 0 Å². The Morgan fingerprint density at radius 3 is 2.82 bits per heavy atom. The minimum absolute atomic E-state index is 0.488. The number of fused-ring (bicyclic) bond motifs is 1. The van der Waals surface area contributed by atoms with Crippen molar-refractivity contribution in [2.24, 2.45) is 0 Å². The molecule has 1 unspecified atom stereocenters. The summed E-state index contributed by atoms with van der Waals surface area (Å²) in [5, 5.41) is 4.84. The molecule has 1 aromatic carbocycles. The van der Waals surface area contributed by atoms with Gasteiger partial charge in [0.25, 0.3) is 0 Å². The lowest BCUT2D eigenvalue weighted by molar-refractivity contribution is 0.411. The van der Waals surface area contributed by atoms with Gasteiger partial charge in [0.15, 0.2) is 0 Å². The van der Waals surface area contributed by atoms with Crippen LogP contribution in [0.2, 0.25) is 0 Å². The van der Waals surface area contributed by atoms with Crippen LogP contribution in [0.3, 0.4) is 0 Å². The number of nitrogens with zero attached hydrogens (tertiary/aromatic N) is 1. The van der Waals surface area contributed by atoms with Crippen molar-refractivity contribution in [1.82, 2.24) is 10.3 Å². The maximum atomic E-state index is 4.79. The van der Waals surface area contributed by atoms with Crippen LogP contribution >= 0.6 is 11.3 Å². The van der Waals surface area contributed by atoms with Gasteiger partial charge < -0.3 is 5.32 Å². The topological polar surface area (TPSA) is 24.9 Å². The van der Waals surface area contributed by atoms with Gasteiger partial charge in [-0.05, 0) is 56.5 Å². The first-order valence-corrected chi connectivity index (χ1v) is 7.17. The average Bonchev–Trinajstić information content (AvgIpc) is 2.74.